The zero-order chi connectivity index (χ0) is 13.0. The normalized spacial score (nSPS) is 21.7. The van der Waals surface area contributed by atoms with E-state index in [1.165, 1.54) is 0 Å². The van der Waals surface area contributed by atoms with Gasteiger partial charge in [0.15, 0.2) is 11.5 Å². The van der Waals surface area contributed by atoms with E-state index in [0.29, 0.717) is 6.61 Å². The maximum atomic E-state index is 5.77. The lowest BCUT2D eigenvalue weighted by molar-refractivity contribution is 0.266. The summed E-state index contributed by atoms with van der Waals surface area (Å²) in [5.74, 6) is 1.66. The Morgan fingerprint density at radius 1 is 1.11 bits per heavy atom. The van der Waals surface area contributed by atoms with Crippen LogP contribution in [-0.2, 0) is 10.3 Å². The first-order chi connectivity index (χ1) is 8.69. The zero-order valence-electron chi connectivity index (χ0n) is 11.5. The molecule has 1 aromatic carbocycles. The topological polar surface area (TPSA) is 31.0 Å². The molecule has 0 aliphatic carbocycles. The van der Waals surface area contributed by atoms with E-state index in [1.54, 1.807) is 0 Å². The molecule has 18 heavy (non-hydrogen) atoms. The van der Waals surface area contributed by atoms with Crippen LogP contribution in [0.1, 0.15) is 39.2 Å². The van der Waals surface area contributed by atoms with Crippen molar-refractivity contribution >= 4 is 0 Å². The van der Waals surface area contributed by atoms with Crippen molar-refractivity contribution in [3.05, 3.63) is 23.8 Å². The molecule has 0 bridgehead atoms. The Bertz CT molecular complexity index is 397. The average Bonchev–Trinajstić information content (AvgIpc) is 3.13. The summed E-state index contributed by atoms with van der Waals surface area (Å²) < 4.78 is 16.9. The van der Waals surface area contributed by atoms with Gasteiger partial charge in [-0.2, -0.15) is 0 Å². The molecule has 1 aliphatic heterocycles. The molecule has 0 spiro atoms. The van der Waals surface area contributed by atoms with Gasteiger partial charge in [-0.1, -0.05) is 19.9 Å². The fourth-order valence-electron chi connectivity index (χ4n) is 1.77. The minimum atomic E-state index is -0.117. The van der Waals surface area contributed by atoms with Gasteiger partial charge < -0.3 is 14.2 Å². The number of rotatable bonds is 7. The highest BCUT2D eigenvalue weighted by molar-refractivity contribution is 5.45. The predicted molar refractivity (Wildman–Crippen MR) is 71.3 cm³/mol. The van der Waals surface area contributed by atoms with Crippen LogP contribution in [0.15, 0.2) is 18.2 Å². The standard InChI is InChI=1S/C15H22O3/c1-4-8-16-13-7-6-12(15(3)11-18-15)10-14(13)17-9-5-2/h6-7,10H,4-5,8-9,11H2,1-3H3. The highest BCUT2D eigenvalue weighted by atomic mass is 16.6. The lowest BCUT2D eigenvalue weighted by Gasteiger charge is -2.14. The van der Waals surface area contributed by atoms with E-state index in [2.05, 4.69) is 26.8 Å². The minimum Gasteiger partial charge on any atom is -0.490 e. The van der Waals surface area contributed by atoms with Crippen LogP contribution >= 0.6 is 0 Å². The lowest BCUT2D eigenvalue weighted by Crippen LogP contribution is -2.06. The van der Waals surface area contributed by atoms with Crippen molar-refractivity contribution < 1.29 is 14.2 Å². The molecule has 3 nitrogen and oxygen atoms in total. The van der Waals surface area contributed by atoms with Crippen molar-refractivity contribution in [1.82, 2.24) is 0 Å². The monoisotopic (exact) mass is 250 g/mol. The van der Waals surface area contributed by atoms with Crippen LogP contribution in [0.4, 0.5) is 0 Å². The number of benzene rings is 1. The van der Waals surface area contributed by atoms with Crippen LogP contribution in [0, 0.1) is 0 Å². The SMILES string of the molecule is CCCOc1ccc(C2(C)CO2)cc1OCCC. The molecule has 0 amide bonds. The van der Waals surface area contributed by atoms with E-state index in [4.69, 9.17) is 14.2 Å². The third-order valence-corrected chi connectivity index (χ3v) is 3.06. The summed E-state index contributed by atoms with van der Waals surface area (Å²) >= 11 is 0. The molecule has 0 saturated carbocycles. The van der Waals surface area contributed by atoms with E-state index in [0.717, 1.165) is 43.1 Å². The number of ether oxygens (including phenoxy) is 3. The van der Waals surface area contributed by atoms with Gasteiger partial charge >= 0.3 is 0 Å². The minimum absolute atomic E-state index is 0.117. The van der Waals surface area contributed by atoms with Gasteiger partial charge in [0.1, 0.15) is 5.60 Å². The van der Waals surface area contributed by atoms with E-state index < -0.39 is 0 Å². The Morgan fingerprint density at radius 3 is 2.28 bits per heavy atom. The summed E-state index contributed by atoms with van der Waals surface area (Å²) in [6, 6.07) is 6.10. The number of epoxide rings is 1. The Labute approximate surface area is 109 Å². The van der Waals surface area contributed by atoms with Gasteiger partial charge in [0.25, 0.3) is 0 Å². The molecule has 1 unspecified atom stereocenters. The second-order valence-corrected chi connectivity index (χ2v) is 4.88. The van der Waals surface area contributed by atoms with Crippen molar-refractivity contribution in [3.8, 4) is 11.5 Å². The van der Waals surface area contributed by atoms with E-state index in [1.807, 2.05) is 12.1 Å². The fourth-order valence-corrected chi connectivity index (χ4v) is 1.77. The van der Waals surface area contributed by atoms with E-state index in [9.17, 15) is 0 Å². The van der Waals surface area contributed by atoms with Gasteiger partial charge in [-0.25, -0.2) is 0 Å². The second kappa shape index (κ2) is 5.61. The molecule has 3 heteroatoms. The quantitative estimate of drug-likeness (QED) is 0.694. The van der Waals surface area contributed by atoms with Crippen LogP contribution < -0.4 is 9.47 Å². The molecule has 0 aromatic heterocycles. The highest BCUT2D eigenvalue weighted by Gasteiger charge is 2.41. The van der Waals surface area contributed by atoms with Crippen molar-refractivity contribution in [3.63, 3.8) is 0 Å². The number of hydrogen-bond acceptors (Lipinski definition) is 3. The molecule has 2 rings (SSSR count). The van der Waals surface area contributed by atoms with Crippen LogP contribution in [0.3, 0.4) is 0 Å². The zero-order valence-corrected chi connectivity index (χ0v) is 11.5. The van der Waals surface area contributed by atoms with Crippen LogP contribution in [0.2, 0.25) is 0 Å². The molecular formula is C15H22O3. The molecule has 100 valence electrons. The Balaban J connectivity index is 2.17. The van der Waals surface area contributed by atoms with E-state index in [-0.39, 0.29) is 5.60 Å². The summed E-state index contributed by atoms with van der Waals surface area (Å²) in [7, 11) is 0. The Hall–Kier alpha value is -1.22. The smallest absolute Gasteiger partial charge is 0.161 e. The Morgan fingerprint density at radius 2 is 1.72 bits per heavy atom. The van der Waals surface area contributed by atoms with Gasteiger partial charge in [0.2, 0.25) is 0 Å². The fraction of sp³-hybridized carbons (Fsp3) is 0.600. The average molecular weight is 250 g/mol. The van der Waals surface area contributed by atoms with Gasteiger partial charge in [-0.3, -0.25) is 0 Å². The number of hydrogen-bond donors (Lipinski definition) is 0. The maximum Gasteiger partial charge on any atom is 0.161 e. The third kappa shape index (κ3) is 2.96. The molecule has 1 atom stereocenters. The summed E-state index contributed by atoms with van der Waals surface area (Å²) in [4.78, 5) is 0. The molecule has 0 radical (unpaired) electrons. The van der Waals surface area contributed by atoms with Crippen LogP contribution in [0.5, 0.6) is 11.5 Å². The highest BCUT2D eigenvalue weighted by Crippen LogP contribution is 2.41. The molecule has 1 saturated heterocycles. The first-order valence-corrected chi connectivity index (χ1v) is 6.73. The Kier molecular flexibility index (Phi) is 4.12. The van der Waals surface area contributed by atoms with Crippen molar-refractivity contribution in [2.45, 2.75) is 39.2 Å². The van der Waals surface area contributed by atoms with Crippen molar-refractivity contribution in [1.29, 1.82) is 0 Å². The van der Waals surface area contributed by atoms with Crippen molar-refractivity contribution in [2.24, 2.45) is 0 Å². The molecule has 0 N–H and O–H groups in total. The largest absolute Gasteiger partial charge is 0.490 e. The first kappa shape index (κ1) is 13.2. The van der Waals surface area contributed by atoms with Gasteiger partial charge in [0.05, 0.1) is 19.8 Å². The summed E-state index contributed by atoms with van der Waals surface area (Å²) in [5.41, 5.74) is 1.05. The summed E-state index contributed by atoms with van der Waals surface area (Å²) in [6.45, 7) is 8.51. The summed E-state index contributed by atoms with van der Waals surface area (Å²) in [6.07, 6.45) is 1.99. The van der Waals surface area contributed by atoms with Crippen molar-refractivity contribution in [2.75, 3.05) is 19.8 Å². The van der Waals surface area contributed by atoms with Gasteiger partial charge in [-0.15, -0.1) is 0 Å². The van der Waals surface area contributed by atoms with E-state index >= 15 is 0 Å². The molecule has 1 aromatic rings. The summed E-state index contributed by atoms with van der Waals surface area (Å²) in [5, 5.41) is 0. The van der Waals surface area contributed by atoms with Crippen LogP contribution in [0.25, 0.3) is 0 Å². The second-order valence-electron chi connectivity index (χ2n) is 4.88. The first-order valence-electron chi connectivity index (χ1n) is 6.73. The molecule has 1 heterocycles. The van der Waals surface area contributed by atoms with Gasteiger partial charge in [-0.05, 0) is 37.5 Å². The molecule has 1 fully saturated rings. The molecular weight excluding hydrogens is 228 g/mol. The molecule has 1 aliphatic rings. The van der Waals surface area contributed by atoms with Gasteiger partial charge in [0, 0.05) is 0 Å². The predicted octanol–water partition coefficient (Wildman–Crippen LogP) is 3.51. The van der Waals surface area contributed by atoms with Crippen LogP contribution in [-0.4, -0.2) is 19.8 Å². The third-order valence-electron chi connectivity index (χ3n) is 3.06. The maximum absolute atomic E-state index is 5.77. The lowest BCUT2D eigenvalue weighted by atomic mass is 10.0.